The number of carbonyl (C=O) groups excluding carboxylic acids is 1. The summed E-state index contributed by atoms with van der Waals surface area (Å²) < 4.78 is 2.14. The third-order valence-corrected chi connectivity index (χ3v) is 5.49. The van der Waals surface area contributed by atoms with Gasteiger partial charge in [-0.15, -0.1) is 0 Å². The van der Waals surface area contributed by atoms with Gasteiger partial charge in [0.1, 0.15) is 0 Å². The number of likely N-dealkylation sites (N-methyl/N-ethyl adjacent to an activating group) is 1. The molecule has 0 bridgehead atoms. The van der Waals surface area contributed by atoms with Gasteiger partial charge in [-0.25, -0.2) is 0 Å². The lowest BCUT2D eigenvalue weighted by molar-refractivity contribution is -0.133. The predicted molar refractivity (Wildman–Crippen MR) is 88.8 cm³/mol. The maximum absolute atomic E-state index is 12.8. The van der Waals surface area contributed by atoms with Gasteiger partial charge >= 0.3 is 0 Å². The zero-order valence-corrected chi connectivity index (χ0v) is 13.9. The van der Waals surface area contributed by atoms with E-state index >= 15 is 0 Å². The van der Waals surface area contributed by atoms with Crippen molar-refractivity contribution in [1.29, 1.82) is 0 Å². The van der Waals surface area contributed by atoms with Crippen LogP contribution in [0.4, 0.5) is 0 Å². The molecule has 4 heteroatoms. The molecule has 1 amide bonds. The van der Waals surface area contributed by atoms with Crippen LogP contribution in [0.2, 0.25) is 0 Å². The predicted octanol–water partition coefficient (Wildman–Crippen LogP) is 2.91. The molecule has 2 saturated heterocycles. The van der Waals surface area contributed by atoms with Gasteiger partial charge in [0.05, 0.1) is 0 Å². The zero-order valence-electron chi connectivity index (χ0n) is 13.9. The van der Waals surface area contributed by atoms with Crippen molar-refractivity contribution in [2.45, 2.75) is 64.1 Å². The van der Waals surface area contributed by atoms with Crippen LogP contribution in [-0.4, -0.2) is 52.0 Å². The van der Waals surface area contributed by atoms with E-state index in [4.69, 9.17) is 0 Å². The molecule has 0 aromatic carbocycles. The Kier molecular flexibility index (Phi) is 4.87. The number of carbonyl (C=O) groups is 1. The number of hydrogen-bond acceptors (Lipinski definition) is 2. The number of aromatic nitrogens is 1. The second kappa shape index (κ2) is 6.86. The van der Waals surface area contributed by atoms with Crippen molar-refractivity contribution in [3.63, 3.8) is 0 Å². The van der Waals surface area contributed by atoms with Gasteiger partial charge in [-0.05, 0) is 57.8 Å². The second-order valence-electron chi connectivity index (χ2n) is 6.82. The van der Waals surface area contributed by atoms with Crippen LogP contribution in [0.3, 0.4) is 0 Å². The fourth-order valence-corrected chi connectivity index (χ4v) is 4.30. The molecule has 2 aliphatic heterocycles. The lowest BCUT2D eigenvalue weighted by atomic mass is 10.0. The summed E-state index contributed by atoms with van der Waals surface area (Å²) in [6, 6.07) is 5.34. The summed E-state index contributed by atoms with van der Waals surface area (Å²) in [6.45, 7) is 7.66. The molecule has 4 nitrogen and oxygen atoms in total. The first-order valence-corrected chi connectivity index (χ1v) is 8.86. The summed E-state index contributed by atoms with van der Waals surface area (Å²) in [6.07, 6.45) is 9.62. The third kappa shape index (κ3) is 3.07. The largest absolute Gasteiger partial charge is 0.351 e. The van der Waals surface area contributed by atoms with Crippen molar-refractivity contribution in [3.8, 4) is 0 Å². The lowest BCUT2D eigenvalue weighted by Crippen LogP contribution is -2.48. The highest BCUT2D eigenvalue weighted by Crippen LogP contribution is 2.30. The number of rotatable bonds is 5. The molecule has 3 heterocycles. The normalized spacial score (nSPS) is 27.5. The molecule has 0 saturated carbocycles. The fourth-order valence-electron chi connectivity index (χ4n) is 4.30. The smallest absolute Gasteiger partial charge is 0.224 e. The summed E-state index contributed by atoms with van der Waals surface area (Å²) in [5.74, 6) is 0.339. The first kappa shape index (κ1) is 15.6. The molecule has 0 N–H and O–H groups in total. The lowest BCUT2D eigenvalue weighted by Gasteiger charge is -2.35. The highest BCUT2D eigenvalue weighted by atomic mass is 16.2. The maximum Gasteiger partial charge on any atom is 0.224 e. The Morgan fingerprint density at radius 3 is 2.55 bits per heavy atom. The first-order valence-electron chi connectivity index (χ1n) is 8.86. The van der Waals surface area contributed by atoms with Crippen LogP contribution in [-0.2, 0) is 4.79 Å². The van der Waals surface area contributed by atoms with Crippen molar-refractivity contribution in [2.75, 3.05) is 19.6 Å². The van der Waals surface area contributed by atoms with Gasteiger partial charge in [0.2, 0.25) is 5.91 Å². The van der Waals surface area contributed by atoms with Crippen LogP contribution in [0.5, 0.6) is 0 Å². The molecule has 122 valence electrons. The number of likely N-dealkylation sites (tertiary alicyclic amines) is 2. The molecular weight excluding hydrogens is 274 g/mol. The first-order chi connectivity index (χ1) is 10.7. The van der Waals surface area contributed by atoms with E-state index < -0.39 is 0 Å². The average Bonchev–Trinajstić information content (AvgIpc) is 3.25. The van der Waals surface area contributed by atoms with E-state index in [1.165, 1.54) is 32.2 Å². The van der Waals surface area contributed by atoms with Crippen molar-refractivity contribution in [2.24, 2.45) is 0 Å². The number of hydrogen-bond donors (Lipinski definition) is 0. The van der Waals surface area contributed by atoms with E-state index in [0.717, 1.165) is 13.1 Å². The summed E-state index contributed by atoms with van der Waals surface area (Å²) in [7, 11) is 0. The fraction of sp³-hybridized carbons (Fsp3) is 0.722. The van der Waals surface area contributed by atoms with Crippen LogP contribution in [0, 0.1) is 0 Å². The van der Waals surface area contributed by atoms with E-state index in [1.54, 1.807) is 0 Å². The van der Waals surface area contributed by atoms with Crippen molar-refractivity contribution in [1.82, 2.24) is 14.4 Å². The summed E-state index contributed by atoms with van der Waals surface area (Å²) in [5.41, 5.74) is 0. The molecular formula is C18H29N3O. The van der Waals surface area contributed by atoms with Gasteiger partial charge in [-0.1, -0.05) is 6.92 Å². The standard InChI is InChI=1S/C18H29N3O/c1-3-19-12-6-8-16(19)17-9-7-13-21(17)18(22)14-15(2)20-10-4-5-11-20/h4-5,10-11,15-17H,3,6-9,12-14H2,1-2H3/t15-,16-,17+/m1/s1. The minimum Gasteiger partial charge on any atom is -0.351 e. The molecule has 2 fully saturated rings. The van der Waals surface area contributed by atoms with Crippen molar-refractivity contribution < 1.29 is 4.79 Å². The molecule has 22 heavy (non-hydrogen) atoms. The quantitative estimate of drug-likeness (QED) is 0.837. The molecule has 0 radical (unpaired) electrons. The van der Waals surface area contributed by atoms with Crippen LogP contribution in [0.25, 0.3) is 0 Å². The van der Waals surface area contributed by atoms with Crippen LogP contribution < -0.4 is 0 Å². The summed E-state index contributed by atoms with van der Waals surface area (Å²) in [4.78, 5) is 17.6. The topological polar surface area (TPSA) is 28.5 Å². The number of nitrogens with zero attached hydrogens (tertiary/aromatic N) is 3. The molecule has 0 unspecified atom stereocenters. The van der Waals surface area contributed by atoms with Gasteiger partial charge in [0, 0.05) is 43.5 Å². The summed E-state index contributed by atoms with van der Waals surface area (Å²) >= 11 is 0. The van der Waals surface area contributed by atoms with Gasteiger partial charge in [-0.2, -0.15) is 0 Å². The average molecular weight is 303 g/mol. The molecule has 2 aliphatic rings. The maximum atomic E-state index is 12.8. The Balaban J connectivity index is 1.63. The molecule has 1 aromatic rings. The van der Waals surface area contributed by atoms with E-state index in [1.807, 2.05) is 12.1 Å². The molecule has 3 atom stereocenters. The third-order valence-electron chi connectivity index (χ3n) is 5.49. The molecule has 0 aliphatic carbocycles. The van der Waals surface area contributed by atoms with E-state index in [9.17, 15) is 4.79 Å². The van der Waals surface area contributed by atoms with Gasteiger partial charge in [0.25, 0.3) is 0 Å². The molecule has 0 spiro atoms. The van der Waals surface area contributed by atoms with Crippen molar-refractivity contribution in [3.05, 3.63) is 24.5 Å². The molecule has 3 rings (SSSR count). The minimum absolute atomic E-state index is 0.245. The Hall–Kier alpha value is -1.29. The monoisotopic (exact) mass is 303 g/mol. The Morgan fingerprint density at radius 2 is 1.82 bits per heavy atom. The van der Waals surface area contributed by atoms with Gasteiger partial charge in [-0.3, -0.25) is 9.69 Å². The molecule has 1 aromatic heterocycles. The number of amides is 1. The van der Waals surface area contributed by atoms with E-state index in [-0.39, 0.29) is 6.04 Å². The Labute approximate surface area is 134 Å². The Morgan fingerprint density at radius 1 is 1.14 bits per heavy atom. The van der Waals surface area contributed by atoms with Gasteiger partial charge in [0.15, 0.2) is 0 Å². The minimum atomic E-state index is 0.245. The van der Waals surface area contributed by atoms with Gasteiger partial charge < -0.3 is 9.47 Å². The SMILES string of the molecule is CCN1CCC[C@@H]1[C@@H]1CCCN1C(=O)C[C@@H](C)n1cccc1. The second-order valence-corrected chi connectivity index (χ2v) is 6.82. The van der Waals surface area contributed by atoms with E-state index in [2.05, 4.69) is 40.6 Å². The Bertz CT molecular complexity index is 485. The van der Waals surface area contributed by atoms with Crippen molar-refractivity contribution >= 4 is 5.91 Å². The highest BCUT2D eigenvalue weighted by Gasteiger charge is 2.39. The highest BCUT2D eigenvalue weighted by molar-refractivity contribution is 5.77. The zero-order chi connectivity index (χ0) is 15.5. The van der Waals surface area contributed by atoms with Crippen LogP contribution >= 0.6 is 0 Å². The summed E-state index contributed by atoms with van der Waals surface area (Å²) in [5, 5.41) is 0. The van der Waals surface area contributed by atoms with Crippen LogP contribution in [0.15, 0.2) is 24.5 Å². The van der Waals surface area contributed by atoms with E-state index in [0.29, 0.717) is 24.4 Å². The van der Waals surface area contributed by atoms with Crippen LogP contribution in [0.1, 0.15) is 52.0 Å².